The fraction of sp³-hybridized carbons (Fsp3) is 0.429. The van der Waals surface area contributed by atoms with Gasteiger partial charge in [-0.05, 0) is 43.0 Å². The maximum atomic E-state index is 6.27. The first-order chi connectivity index (χ1) is 8.16. The van der Waals surface area contributed by atoms with E-state index < -0.39 is 0 Å². The van der Waals surface area contributed by atoms with E-state index in [0.29, 0.717) is 6.04 Å². The Balaban J connectivity index is 2.05. The fourth-order valence-electron chi connectivity index (χ4n) is 2.50. The summed E-state index contributed by atoms with van der Waals surface area (Å²) in [6, 6.07) is 6.85. The maximum Gasteiger partial charge on any atom is 0.0461 e. The molecule has 0 aromatic heterocycles. The first-order valence-electron chi connectivity index (χ1n) is 6.18. The number of hydrogen-bond acceptors (Lipinski definition) is 2. The zero-order valence-electron chi connectivity index (χ0n) is 9.99. The number of fused-ring (bicyclic) bond motifs is 1. The quantitative estimate of drug-likeness (QED) is 0.872. The van der Waals surface area contributed by atoms with E-state index in [1.54, 1.807) is 0 Å². The third-order valence-corrected chi connectivity index (χ3v) is 3.93. The highest BCUT2D eigenvalue weighted by Crippen LogP contribution is 2.38. The van der Waals surface area contributed by atoms with Gasteiger partial charge in [0.2, 0.25) is 0 Å². The molecule has 1 heterocycles. The number of halogens is 1. The van der Waals surface area contributed by atoms with Gasteiger partial charge in [0, 0.05) is 29.3 Å². The van der Waals surface area contributed by atoms with Crippen LogP contribution >= 0.6 is 11.6 Å². The summed E-state index contributed by atoms with van der Waals surface area (Å²) in [5.74, 6) is 0. The summed E-state index contributed by atoms with van der Waals surface area (Å²) < 4.78 is 0. The molecule has 1 atom stereocenters. The Morgan fingerprint density at radius 1 is 1.41 bits per heavy atom. The van der Waals surface area contributed by atoms with Crippen molar-refractivity contribution in [3.05, 3.63) is 40.0 Å². The van der Waals surface area contributed by atoms with E-state index in [-0.39, 0.29) is 6.04 Å². The first-order valence-corrected chi connectivity index (χ1v) is 6.56. The second-order valence-corrected chi connectivity index (χ2v) is 5.43. The van der Waals surface area contributed by atoms with Gasteiger partial charge < -0.3 is 10.6 Å². The van der Waals surface area contributed by atoms with Gasteiger partial charge in [0.05, 0.1) is 0 Å². The number of nitrogens with zero attached hydrogens (tertiary/aromatic N) is 1. The van der Waals surface area contributed by atoms with Crippen molar-refractivity contribution < 1.29 is 0 Å². The smallest absolute Gasteiger partial charge is 0.0461 e. The summed E-state index contributed by atoms with van der Waals surface area (Å²) in [7, 11) is 0. The standard InChI is InChI=1S/C14H17ClN2/c1-9(16)14-7-10-3-2-4-13(15)12(10)8-17(14)11-5-6-11/h2-4,7,9,11H,5-6,8,16H2,1H3/t9-/m0/s1. The molecule has 1 aliphatic carbocycles. The molecule has 1 saturated carbocycles. The molecule has 1 aliphatic heterocycles. The Bertz CT molecular complexity index is 475. The van der Waals surface area contributed by atoms with Crippen molar-refractivity contribution in [1.82, 2.24) is 4.90 Å². The highest BCUT2D eigenvalue weighted by Gasteiger charge is 2.34. The van der Waals surface area contributed by atoms with Crippen molar-refractivity contribution in [2.24, 2.45) is 5.73 Å². The van der Waals surface area contributed by atoms with E-state index in [1.807, 2.05) is 12.1 Å². The van der Waals surface area contributed by atoms with Crippen LogP contribution < -0.4 is 5.73 Å². The van der Waals surface area contributed by atoms with E-state index in [1.165, 1.54) is 29.7 Å². The van der Waals surface area contributed by atoms with Crippen LogP contribution in [0.1, 0.15) is 30.9 Å². The maximum absolute atomic E-state index is 6.27. The third kappa shape index (κ3) is 1.96. The monoisotopic (exact) mass is 248 g/mol. The summed E-state index contributed by atoms with van der Waals surface area (Å²) in [4.78, 5) is 2.43. The molecule has 0 spiro atoms. The van der Waals surface area contributed by atoms with E-state index in [0.717, 1.165) is 11.6 Å². The van der Waals surface area contributed by atoms with Crippen LogP contribution in [0.4, 0.5) is 0 Å². The summed E-state index contributed by atoms with van der Waals surface area (Å²) in [6.07, 6.45) is 4.77. The van der Waals surface area contributed by atoms with Gasteiger partial charge >= 0.3 is 0 Å². The van der Waals surface area contributed by atoms with Crippen LogP contribution in [0.25, 0.3) is 6.08 Å². The average Bonchev–Trinajstić information content (AvgIpc) is 3.12. The number of rotatable bonds is 2. The molecular weight excluding hydrogens is 232 g/mol. The minimum absolute atomic E-state index is 0.0859. The van der Waals surface area contributed by atoms with Crippen molar-refractivity contribution in [3.63, 3.8) is 0 Å². The van der Waals surface area contributed by atoms with Crippen LogP contribution in [0.15, 0.2) is 23.9 Å². The van der Waals surface area contributed by atoms with Crippen LogP contribution in [0.5, 0.6) is 0 Å². The lowest BCUT2D eigenvalue weighted by Crippen LogP contribution is -2.36. The van der Waals surface area contributed by atoms with E-state index >= 15 is 0 Å². The van der Waals surface area contributed by atoms with Crippen molar-refractivity contribution >= 4 is 17.7 Å². The van der Waals surface area contributed by atoms with E-state index in [4.69, 9.17) is 17.3 Å². The van der Waals surface area contributed by atoms with Gasteiger partial charge in [0.15, 0.2) is 0 Å². The molecule has 0 saturated heterocycles. The first kappa shape index (κ1) is 11.1. The van der Waals surface area contributed by atoms with Crippen LogP contribution in [0.3, 0.4) is 0 Å². The molecule has 1 aromatic rings. The minimum atomic E-state index is 0.0859. The molecule has 0 radical (unpaired) electrons. The Morgan fingerprint density at radius 2 is 2.18 bits per heavy atom. The molecule has 2 nitrogen and oxygen atoms in total. The van der Waals surface area contributed by atoms with Crippen molar-refractivity contribution in [3.8, 4) is 0 Å². The zero-order valence-corrected chi connectivity index (χ0v) is 10.7. The lowest BCUT2D eigenvalue weighted by Gasteiger charge is -2.34. The molecule has 3 rings (SSSR count). The minimum Gasteiger partial charge on any atom is -0.366 e. The summed E-state index contributed by atoms with van der Waals surface area (Å²) in [5.41, 5.74) is 9.79. The molecule has 17 heavy (non-hydrogen) atoms. The number of nitrogens with two attached hydrogens (primary N) is 1. The molecule has 1 aromatic carbocycles. The van der Waals surface area contributed by atoms with Crippen molar-refractivity contribution in [2.75, 3.05) is 0 Å². The number of benzene rings is 1. The molecule has 0 amide bonds. The second-order valence-electron chi connectivity index (χ2n) is 5.02. The summed E-state index contributed by atoms with van der Waals surface area (Å²) >= 11 is 6.27. The largest absolute Gasteiger partial charge is 0.366 e. The summed E-state index contributed by atoms with van der Waals surface area (Å²) in [5, 5.41) is 0.869. The van der Waals surface area contributed by atoms with Gasteiger partial charge in [-0.3, -0.25) is 0 Å². The molecule has 2 N–H and O–H groups in total. The van der Waals surface area contributed by atoms with Crippen molar-refractivity contribution in [1.29, 1.82) is 0 Å². The van der Waals surface area contributed by atoms with Gasteiger partial charge in [-0.15, -0.1) is 0 Å². The predicted octanol–water partition coefficient (Wildman–Crippen LogP) is 3.01. The highest BCUT2D eigenvalue weighted by molar-refractivity contribution is 6.31. The van der Waals surface area contributed by atoms with Crippen molar-refractivity contribution in [2.45, 2.75) is 38.4 Å². The zero-order chi connectivity index (χ0) is 12.0. The molecule has 90 valence electrons. The second kappa shape index (κ2) is 4.04. The highest BCUT2D eigenvalue weighted by atomic mass is 35.5. The lowest BCUT2D eigenvalue weighted by atomic mass is 9.99. The van der Waals surface area contributed by atoms with Crippen LogP contribution in [0, 0.1) is 0 Å². The van der Waals surface area contributed by atoms with E-state index in [9.17, 15) is 0 Å². The van der Waals surface area contributed by atoms with Crippen LogP contribution in [-0.4, -0.2) is 17.0 Å². The Hall–Kier alpha value is -0.990. The Morgan fingerprint density at radius 3 is 2.82 bits per heavy atom. The molecule has 0 unspecified atom stereocenters. The fourth-order valence-corrected chi connectivity index (χ4v) is 2.74. The normalized spacial score (nSPS) is 20.9. The van der Waals surface area contributed by atoms with Crippen LogP contribution in [0.2, 0.25) is 5.02 Å². The van der Waals surface area contributed by atoms with Gasteiger partial charge in [0.1, 0.15) is 0 Å². The molecule has 0 bridgehead atoms. The molecular formula is C14H17ClN2. The van der Waals surface area contributed by atoms with Gasteiger partial charge in [-0.2, -0.15) is 0 Å². The average molecular weight is 249 g/mol. The summed E-state index contributed by atoms with van der Waals surface area (Å²) in [6.45, 7) is 2.96. The van der Waals surface area contributed by atoms with Gasteiger partial charge in [0.25, 0.3) is 0 Å². The van der Waals surface area contributed by atoms with Crippen LogP contribution in [-0.2, 0) is 6.54 Å². The third-order valence-electron chi connectivity index (χ3n) is 3.57. The molecule has 1 fully saturated rings. The Labute approximate surface area is 107 Å². The van der Waals surface area contributed by atoms with Gasteiger partial charge in [-0.25, -0.2) is 0 Å². The predicted molar refractivity (Wildman–Crippen MR) is 71.6 cm³/mol. The molecule has 3 heteroatoms. The van der Waals surface area contributed by atoms with E-state index in [2.05, 4.69) is 24.0 Å². The molecule has 2 aliphatic rings. The lowest BCUT2D eigenvalue weighted by molar-refractivity contribution is 0.306. The number of hydrogen-bond donors (Lipinski definition) is 1. The SMILES string of the molecule is C[C@H](N)C1=Cc2cccc(Cl)c2CN1C1CC1. The van der Waals surface area contributed by atoms with Gasteiger partial charge in [-0.1, -0.05) is 23.7 Å². The Kier molecular flexibility index (Phi) is 2.64. The topological polar surface area (TPSA) is 29.3 Å².